The van der Waals surface area contributed by atoms with Crippen molar-refractivity contribution < 1.29 is 4.79 Å². The molecule has 0 saturated carbocycles. The van der Waals surface area contributed by atoms with Crippen LogP contribution in [-0.2, 0) is 11.2 Å². The van der Waals surface area contributed by atoms with Crippen molar-refractivity contribution in [1.82, 2.24) is 4.31 Å². The average molecular weight is 355 g/mol. The van der Waals surface area contributed by atoms with Crippen LogP contribution in [0.3, 0.4) is 0 Å². The zero-order chi connectivity index (χ0) is 14.1. The van der Waals surface area contributed by atoms with E-state index in [-0.39, 0.29) is 5.91 Å². The van der Waals surface area contributed by atoms with E-state index in [0.717, 1.165) is 36.2 Å². The number of halogens is 1. The summed E-state index contributed by atoms with van der Waals surface area (Å²) in [6.07, 6.45) is 4.88. The summed E-state index contributed by atoms with van der Waals surface area (Å²) >= 11 is 5.50. The van der Waals surface area contributed by atoms with Gasteiger partial charge in [-0.15, -0.1) is 0 Å². The molecule has 3 rings (SSSR count). The average Bonchev–Trinajstić information content (AvgIpc) is 2.83. The predicted molar refractivity (Wildman–Crippen MR) is 87.2 cm³/mol. The molecule has 0 N–H and O–H groups in total. The van der Waals surface area contributed by atoms with E-state index < -0.39 is 0 Å². The van der Waals surface area contributed by atoms with Crippen LogP contribution < -0.4 is 4.90 Å². The van der Waals surface area contributed by atoms with Crippen LogP contribution in [0.1, 0.15) is 31.7 Å². The Labute approximate surface area is 133 Å². The Bertz CT molecular complexity index is 529. The Morgan fingerprint density at radius 3 is 2.65 bits per heavy atom. The number of carbonyl (C=O) groups is 1. The van der Waals surface area contributed by atoms with Gasteiger partial charge >= 0.3 is 0 Å². The molecule has 0 radical (unpaired) electrons. The molecule has 5 heteroatoms. The highest BCUT2D eigenvalue weighted by molar-refractivity contribution is 9.10. The SMILES string of the molecule is CC(=O)N1CCc2cc(Br)c(SN3CCCCC3)cc21. The fourth-order valence-electron chi connectivity index (χ4n) is 2.88. The van der Waals surface area contributed by atoms with Crippen molar-refractivity contribution in [2.45, 2.75) is 37.5 Å². The normalized spacial score (nSPS) is 19.2. The maximum absolute atomic E-state index is 11.7. The van der Waals surface area contributed by atoms with Gasteiger partial charge < -0.3 is 4.90 Å². The minimum atomic E-state index is 0.139. The van der Waals surface area contributed by atoms with Gasteiger partial charge in [0.25, 0.3) is 0 Å². The van der Waals surface area contributed by atoms with Gasteiger partial charge in [-0.2, -0.15) is 0 Å². The minimum absolute atomic E-state index is 0.139. The van der Waals surface area contributed by atoms with Crippen LogP contribution in [0, 0.1) is 0 Å². The smallest absolute Gasteiger partial charge is 0.223 e. The van der Waals surface area contributed by atoms with E-state index in [0.29, 0.717) is 0 Å². The van der Waals surface area contributed by atoms with E-state index in [9.17, 15) is 4.79 Å². The van der Waals surface area contributed by atoms with E-state index in [1.807, 2.05) is 16.8 Å². The maximum Gasteiger partial charge on any atom is 0.223 e. The molecule has 0 aliphatic carbocycles. The summed E-state index contributed by atoms with van der Waals surface area (Å²) in [6, 6.07) is 4.36. The fraction of sp³-hybridized carbons (Fsp3) is 0.533. The van der Waals surface area contributed by atoms with Gasteiger partial charge in [0.1, 0.15) is 0 Å². The largest absolute Gasteiger partial charge is 0.312 e. The number of hydrogen-bond donors (Lipinski definition) is 0. The zero-order valence-electron chi connectivity index (χ0n) is 11.7. The van der Waals surface area contributed by atoms with Gasteiger partial charge in [-0.3, -0.25) is 4.79 Å². The standard InChI is InChI=1S/C15H19BrN2OS/c1-11(19)18-8-5-12-9-13(16)15(10-14(12)18)20-17-6-3-2-4-7-17/h9-10H,2-8H2,1H3. The first kappa shape index (κ1) is 14.4. The number of fused-ring (bicyclic) bond motifs is 1. The van der Waals surface area contributed by atoms with Crippen LogP contribution >= 0.6 is 27.9 Å². The Balaban J connectivity index is 1.84. The lowest BCUT2D eigenvalue weighted by Crippen LogP contribution is -2.26. The van der Waals surface area contributed by atoms with Crippen LogP contribution in [0.2, 0.25) is 0 Å². The first-order chi connectivity index (χ1) is 9.65. The van der Waals surface area contributed by atoms with Crippen LogP contribution in [0.25, 0.3) is 0 Å². The number of piperidine rings is 1. The summed E-state index contributed by atoms with van der Waals surface area (Å²) in [7, 11) is 0. The molecule has 2 aliphatic rings. The lowest BCUT2D eigenvalue weighted by molar-refractivity contribution is -0.116. The number of rotatable bonds is 2. The molecule has 1 amide bonds. The molecule has 0 bridgehead atoms. The molecular formula is C15H19BrN2OS. The lowest BCUT2D eigenvalue weighted by Gasteiger charge is -2.26. The fourth-order valence-corrected chi connectivity index (χ4v) is 4.52. The van der Waals surface area contributed by atoms with Crippen molar-refractivity contribution in [1.29, 1.82) is 0 Å². The van der Waals surface area contributed by atoms with E-state index in [1.165, 1.54) is 29.7 Å². The Morgan fingerprint density at radius 1 is 1.20 bits per heavy atom. The highest BCUT2D eigenvalue weighted by Crippen LogP contribution is 2.39. The molecule has 1 saturated heterocycles. The first-order valence-corrected chi connectivity index (χ1v) is 8.75. The van der Waals surface area contributed by atoms with Gasteiger partial charge in [0.05, 0.1) is 0 Å². The third-order valence-electron chi connectivity index (χ3n) is 3.95. The number of nitrogens with zero attached hydrogens (tertiary/aromatic N) is 2. The molecule has 1 aromatic rings. The molecular weight excluding hydrogens is 336 g/mol. The van der Waals surface area contributed by atoms with E-state index in [4.69, 9.17) is 0 Å². The zero-order valence-corrected chi connectivity index (χ0v) is 14.1. The van der Waals surface area contributed by atoms with Gasteiger partial charge in [-0.05, 0) is 64.8 Å². The number of carbonyl (C=O) groups excluding carboxylic acids is 1. The molecule has 3 nitrogen and oxygen atoms in total. The second-order valence-corrected chi connectivity index (χ2v) is 7.41. The van der Waals surface area contributed by atoms with Crippen molar-refractivity contribution in [3.63, 3.8) is 0 Å². The van der Waals surface area contributed by atoms with Crippen molar-refractivity contribution in [3.05, 3.63) is 22.2 Å². The van der Waals surface area contributed by atoms with E-state index in [2.05, 4.69) is 32.4 Å². The van der Waals surface area contributed by atoms with E-state index in [1.54, 1.807) is 6.92 Å². The van der Waals surface area contributed by atoms with Crippen LogP contribution in [0.15, 0.2) is 21.5 Å². The topological polar surface area (TPSA) is 23.6 Å². The maximum atomic E-state index is 11.7. The molecule has 0 spiro atoms. The molecule has 2 heterocycles. The van der Waals surface area contributed by atoms with Gasteiger partial charge in [-0.1, -0.05) is 6.42 Å². The Kier molecular flexibility index (Phi) is 4.38. The monoisotopic (exact) mass is 354 g/mol. The van der Waals surface area contributed by atoms with Crippen LogP contribution in [-0.4, -0.2) is 29.8 Å². The molecule has 2 aliphatic heterocycles. The molecule has 108 valence electrons. The summed E-state index contributed by atoms with van der Waals surface area (Å²) in [5.41, 5.74) is 2.37. The molecule has 1 aromatic carbocycles. The third-order valence-corrected chi connectivity index (χ3v) is 6.03. The van der Waals surface area contributed by atoms with Crippen LogP contribution in [0.5, 0.6) is 0 Å². The van der Waals surface area contributed by atoms with Crippen molar-refractivity contribution in [2.75, 3.05) is 24.5 Å². The minimum Gasteiger partial charge on any atom is -0.312 e. The first-order valence-electron chi connectivity index (χ1n) is 7.18. The molecule has 1 fully saturated rings. The number of anilines is 1. The van der Waals surface area contributed by atoms with E-state index >= 15 is 0 Å². The second kappa shape index (κ2) is 6.08. The molecule has 0 aromatic heterocycles. The summed E-state index contributed by atoms with van der Waals surface area (Å²) < 4.78 is 3.58. The van der Waals surface area contributed by atoms with Crippen molar-refractivity contribution >= 4 is 39.5 Å². The predicted octanol–water partition coefficient (Wildman–Crippen LogP) is 3.85. The van der Waals surface area contributed by atoms with Gasteiger partial charge in [0, 0.05) is 41.6 Å². The lowest BCUT2D eigenvalue weighted by atomic mass is 10.2. The number of benzene rings is 1. The second-order valence-electron chi connectivity index (χ2n) is 5.41. The summed E-state index contributed by atoms with van der Waals surface area (Å²) in [6.45, 7) is 4.78. The summed E-state index contributed by atoms with van der Waals surface area (Å²) in [4.78, 5) is 14.8. The van der Waals surface area contributed by atoms with Gasteiger partial charge in [0.15, 0.2) is 0 Å². The highest BCUT2D eigenvalue weighted by atomic mass is 79.9. The van der Waals surface area contributed by atoms with Crippen molar-refractivity contribution in [2.24, 2.45) is 0 Å². The molecule has 0 unspecified atom stereocenters. The third kappa shape index (κ3) is 2.90. The Hall–Kier alpha value is -0.520. The van der Waals surface area contributed by atoms with Gasteiger partial charge in [0.2, 0.25) is 5.91 Å². The number of hydrogen-bond acceptors (Lipinski definition) is 3. The molecule has 0 atom stereocenters. The quantitative estimate of drug-likeness (QED) is 0.753. The molecule has 20 heavy (non-hydrogen) atoms. The highest BCUT2D eigenvalue weighted by Gasteiger charge is 2.24. The number of amides is 1. The van der Waals surface area contributed by atoms with Gasteiger partial charge in [-0.25, -0.2) is 4.31 Å². The summed E-state index contributed by atoms with van der Waals surface area (Å²) in [5, 5.41) is 0. The van der Waals surface area contributed by atoms with Crippen LogP contribution in [0.4, 0.5) is 5.69 Å². The Morgan fingerprint density at radius 2 is 1.95 bits per heavy atom. The van der Waals surface area contributed by atoms with Crippen molar-refractivity contribution in [3.8, 4) is 0 Å². The summed E-state index contributed by atoms with van der Waals surface area (Å²) in [5.74, 6) is 0.139.